The lowest BCUT2D eigenvalue weighted by Gasteiger charge is -2.04. The summed E-state index contributed by atoms with van der Waals surface area (Å²) in [7, 11) is 1.61. The van der Waals surface area contributed by atoms with E-state index in [0.717, 1.165) is 22.2 Å². The van der Waals surface area contributed by atoms with Crippen molar-refractivity contribution in [3.05, 3.63) is 64.0 Å². The number of benzene rings is 2. The molecule has 5 heteroatoms. The Bertz CT molecular complexity index is 845. The van der Waals surface area contributed by atoms with E-state index in [1.54, 1.807) is 7.11 Å². The van der Waals surface area contributed by atoms with E-state index in [1.807, 2.05) is 54.6 Å². The Kier molecular flexibility index (Phi) is 4.27. The van der Waals surface area contributed by atoms with Gasteiger partial charge in [-0.2, -0.15) is 0 Å². The highest BCUT2D eigenvalue weighted by molar-refractivity contribution is 6.34. The van der Waals surface area contributed by atoms with Crippen LogP contribution in [0, 0.1) is 0 Å². The number of methoxy groups -OCH3 is 1. The van der Waals surface area contributed by atoms with Crippen LogP contribution in [-0.2, 0) is 0 Å². The predicted octanol–water partition coefficient (Wildman–Crippen LogP) is 5.12. The normalized spacial score (nSPS) is 11.2. The zero-order chi connectivity index (χ0) is 15.5. The second-order valence-corrected chi connectivity index (χ2v) is 5.44. The topological polar surface area (TPSA) is 35.0 Å². The standard InChI is InChI=1S/C17H12Cl2N2O/c1-22-13-7-8-15-14(10-13)17(19)21-16(20-15)9-4-11-2-5-12(18)6-3-11/h2-10H,1H3. The van der Waals surface area contributed by atoms with Crippen LogP contribution < -0.4 is 4.74 Å². The first kappa shape index (κ1) is 14.8. The van der Waals surface area contributed by atoms with Crippen LogP contribution in [0.15, 0.2) is 42.5 Å². The average molecular weight is 331 g/mol. The molecule has 0 saturated carbocycles. The molecule has 1 heterocycles. The van der Waals surface area contributed by atoms with Crippen LogP contribution in [0.25, 0.3) is 23.1 Å². The monoisotopic (exact) mass is 330 g/mol. The van der Waals surface area contributed by atoms with Crippen molar-refractivity contribution >= 4 is 46.3 Å². The quantitative estimate of drug-likeness (QED) is 0.625. The third-order valence-corrected chi connectivity index (χ3v) is 3.71. The Hall–Kier alpha value is -2.10. The fourth-order valence-corrected chi connectivity index (χ4v) is 2.40. The third kappa shape index (κ3) is 3.21. The molecule has 0 bridgehead atoms. The van der Waals surface area contributed by atoms with E-state index in [2.05, 4.69) is 9.97 Å². The first-order valence-corrected chi connectivity index (χ1v) is 7.36. The summed E-state index contributed by atoms with van der Waals surface area (Å²) in [5.74, 6) is 1.28. The summed E-state index contributed by atoms with van der Waals surface area (Å²) in [6, 6.07) is 13.0. The summed E-state index contributed by atoms with van der Waals surface area (Å²) in [6.07, 6.45) is 3.73. The van der Waals surface area contributed by atoms with Gasteiger partial charge >= 0.3 is 0 Å². The molecule has 0 amide bonds. The van der Waals surface area contributed by atoms with Crippen molar-refractivity contribution in [3.63, 3.8) is 0 Å². The lowest BCUT2D eigenvalue weighted by Crippen LogP contribution is -1.91. The van der Waals surface area contributed by atoms with Crippen LogP contribution >= 0.6 is 23.2 Å². The Morgan fingerprint density at radius 3 is 2.45 bits per heavy atom. The lowest BCUT2D eigenvalue weighted by molar-refractivity contribution is 0.415. The molecule has 0 aliphatic heterocycles. The van der Waals surface area contributed by atoms with Gasteiger partial charge in [0.2, 0.25) is 0 Å². The van der Waals surface area contributed by atoms with Gasteiger partial charge in [0.15, 0.2) is 5.82 Å². The van der Waals surface area contributed by atoms with Crippen LogP contribution in [-0.4, -0.2) is 17.1 Å². The average Bonchev–Trinajstić information content (AvgIpc) is 2.54. The first-order valence-electron chi connectivity index (χ1n) is 6.60. The van der Waals surface area contributed by atoms with Crippen LogP contribution in [0.2, 0.25) is 10.2 Å². The highest BCUT2D eigenvalue weighted by atomic mass is 35.5. The van der Waals surface area contributed by atoms with Crippen LogP contribution in [0.3, 0.4) is 0 Å². The smallest absolute Gasteiger partial charge is 0.154 e. The van der Waals surface area contributed by atoms with E-state index < -0.39 is 0 Å². The predicted molar refractivity (Wildman–Crippen MR) is 91.5 cm³/mol. The van der Waals surface area contributed by atoms with Gasteiger partial charge in [-0.15, -0.1) is 0 Å². The summed E-state index contributed by atoms with van der Waals surface area (Å²) >= 11 is 12.1. The largest absolute Gasteiger partial charge is 0.497 e. The molecular formula is C17H12Cl2N2O. The van der Waals surface area contributed by atoms with Crippen molar-refractivity contribution < 1.29 is 4.74 Å². The van der Waals surface area contributed by atoms with Crippen LogP contribution in [0.5, 0.6) is 5.75 Å². The zero-order valence-electron chi connectivity index (χ0n) is 11.8. The molecule has 3 nitrogen and oxygen atoms in total. The third-order valence-electron chi connectivity index (χ3n) is 3.17. The van der Waals surface area contributed by atoms with E-state index >= 15 is 0 Å². The molecule has 0 unspecified atom stereocenters. The fraction of sp³-hybridized carbons (Fsp3) is 0.0588. The maximum Gasteiger partial charge on any atom is 0.154 e. The number of hydrogen-bond donors (Lipinski definition) is 0. The van der Waals surface area contributed by atoms with Crippen molar-refractivity contribution in [2.24, 2.45) is 0 Å². The zero-order valence-corrected chi connectivity index (χ0v) is 13.3. The van der Waals surface area contributed by atoms with Gasteiger partial charge in [-0.25, -0.2) is 9.97 Å². The molecule has 1 aromatic heterocycles. The molecule has 3 aromatic rings. The van der Waals surface area contributed by atoms with Gasteiger partial charge in [-0.1, -0.05) is 41.4 Å². The molecule has 0 saturated heterocycles. The minimum atomic E-state index is 0.402. The Labute approximate surface area is 138 Å². The van der Waals surface area contributed by atoms with E-state index in [-0.39, 0.29) is 0 Å². The molecule has 3 rings (SSSR count). The fourth-order valence-electron chi connectivity index (χ4n) is 2.03. The molecule has 0 N–H and O–H groups in total. The van der Waals surface area contributed by atoms with Crippen molar-refractivity contribution in [2.75, 3.05) is 7.11 Å². The second-order valence-electron chi connectivity index (χ2n) is 4.64. The van der Waals surface area contributed by atoms with E-state index in [1.165, 1.54) is 0 Å². The molecule has 0 atom stereocenters. The molecule has 0 spiro atoms. The van der Waals surface area contributed by atoms with Gasteiger partial charge in [0.25, 0.3) is 0 Å². The molecule has 110 valence electrons. The highest BCUT2D eigenvalue weighted by Gasteiger charge is 2.05. The Morgan fingerprint density at radius 2 is 1.73 bits per heavy atom. The van der Waals surface area contributed by atoms with Gasteiger partial charge < -0.3 is 4.74 Å². The van der Waals surface area contributed by atoms with Crippen molar-refractivity contribution in [1.29, 1.82) is 0 Å². The van der Waals surface area contributed by atoms with Gasteiger partial charge in [-0.05, 0) is 42.0 Å². The first-order chi connectivity index (χ1) is 10.7. The van der Waals surface area contributed by atoms with Gasteiger partial charge in [0, 0.05) is 10.4 Å². The summed E-state index contributed by atoms with van der Waals surface area (Å²) in [5.41, 5.74) is 1.79. The number of halogens is 2. The van der Waals surface area contributed by atoms with E-state index in [9.17, 15) is 0 Å². The summed E-state index contributed by atoms with van der Waals surface area (Å²) in [5, 5.41) is 1.88. The minimum Gasteiger partial charge on any atom is -0.497 e. The molecule has 0 fully saturated rings. The second kappa shape index (κ2) is 6.34. The number of ether oxygens (including phenoxy) is 1. The Balaban J connectivity index is 1.96. The minimum absolute atomic E-state index is 0.402. The maximum absolute atomic E-state index is 6.24. The maximum atomic E-state index is 6.24. The van der Waals surface area contributed by atoms with E-state index in [0.29, 0.717) is 16.0 Å². The number of hydrogen-bond acceptors (Lipinski definition) is 3. The Morgan fingerprint density at radius 1 is 0.955 bits per heavy atom. The number of fused-ring (bicyclic) bond motifs is 1. The molecule has 0 radical (unpaired) electrons. The van der Waals surface area contributed by atoms with Crippen molar-refractivity contribution in [2.45, 2.75) is 0 Å². The van der Waals surface area contributed by atoms with Crippen molar-refractivity contribution in [3.8, 4) is 5.75 Å². The van der Waals surface area contributed by atoms with Gasteiger partial charge in [-0.3, -0.25) is 0 Å². The molecular weight excluding hydrogens is 319 g/mol. The number of rotatable bonds is 3. The van der Waals surface area contributed by atoms with Gasteiger partial charge in [0.1, 0.15) is 10.9 Å². The van der Waals surface area contributed by atoms with Crippen LogP contribution in [0.4, 0.5) is 0 Å². The van der Waals surface area contributed by atoms with Crippen LogP contribution in [0.1, 0.15) is 11.4 Å². The molecule has 2 aromatic carbocycles. The number of nitrogens with zero attached hydrogens (tertiary/aromatic N) is 2. The summed E-state index contributed by atoms with van der Waals surface area (Å²) < 4.78 is 5.18. The highest BCUT2D eigenvalue weighted by Crippen LogP contribution is 2.25. The van der Waals surface area contributed by atoms with Gasteiger partial charge in [0.05, 0.1) is 12.6 Å². The molecule has 22 heavy (non-hydrogen) atoms. The van der Waals surface area contributed by atoms with Crippen molar-refractivity contribution in [1.82, 2.24) is 9.97 Å². The lowest BCUT2D eigenvalue weighted by atomic mass is 10.2. The summed E-state index contributed by atoms with van der Waals surface area (Å²) in [6.45, 7) is 0. The molecule has 0 aliphatic carbocycles. The summed E-state index contributed by atoms with van der Waals surface area (Å²) in [4.78, 5) is 8.78. The molecule has 0 aliphatic rings. The van der Waals surface area contributed by atoms with E-state index in [4.69, 9.17) is 27.9 Å². The SMILES string of the molecule is COc1ccc2nc(C=Cc3ccc(Cl)cc3)nc(Cl)c2c1. The number of aromatic nitrogens is 2.